The number of halogens is 1. The molecule has 0 bridgehead atoms. The van der Waals surface area contributed by atoms with E-state index in [4.69, 9.17) is 16.3 Å². The molecule has 0 fully saturated rings. The van der Waals surface area contributed by atoms with Gasteiger partial charge < -0.3 is 4.74 Å². The molecular formula is C18H15ClN2O3S. The number of ether oxygens (including phenoxy) is 1. The van der Waals surface area contributed by atoms with Gasteiger partial charge in [-0.1, -0.05) is 29.8 Å². The first-order valence-corrected chi connectivity index (χ1v) is 9.57. The number of aromatic nitrogens is 1. The molecule has 25 heavy (non-hydrogen) atoms. The molecule has 1 aromatic heterocycles. The van der Waals surface area contributed by atoms with Gasteiger partial charge in [0.05, 0.1) is 22.5 Å². The van der Waals surface area contributed by atoms with E-state index in [9.17, 15) is 8.42 Å². The van der Waals surface area contributed by atoms with Crippen LogP contribution in [0.5, 0.6) is 5.75 Å². The molecule has 0 unspecified atom stereocenters. The summed E-state index contributed by atoms with van der Waals surface area (Å²) in [5.41, 5.74) is 1.71. The highest BCUT2D eigenvalue weighted by atomic mass is 35.5. The second-order valence-electron chi connectivity index (χ2n) is 5.79. The van der Waals surface area contributed by atoms with Crippen LogP contribution < -0.4 is 9.04 Å². The van der Waals surface area contributed by atoms with Crippen molar-refractivity contribution < 1.29 is 13.2 Å². The lowest BCUT2D eigenvalue weighted by molar-refractivity contribution is 0.414. The molecule has 0 N–H and O–H groups in total. The predicted octanol–water partition coefficient (Wildman–Crippen LogP) is 3.65. The average Bonchev–Trinajstić information content (AvgIpc) is 3.03. The first kappa shape index (κ1) is 16.2. The van der Waals surface area contributed by atoms with Crippen molar-refractivity contribution in [2.75, 3.05) is 18.0 Å². The van der Waals surface area contributed by atoms with Crippen molar-refractivity contribution in [2.45, 2.75) is 11.3 Å². The highest BCUT2D eigenvalue weighted by molar-refractivity contribution is 7.92. The zero-order chi connectivity index (χ0) is 17.6. The summed E-state index contributed by atoms with van der Waals surface area (Å²) in [5.74, 6) is 0.928. The molecule has 4 rings (SSSR count). The van der Waals surface area contributed by atoms with Crippen molar-refractivity contribution in [2.24, 2.45) is 0 Å². The van der Waals surface area contributed by atoms with E-state index in [0.29, 0.717) is 24.5 Å². The van der Waals surface area contributed by atoms with Gasteiger partial charge in [-0.2, -0.15) is 0 Å². The lowest BCUT2D eigenvalue weighted by Crippen LogP contribution is -2.29. The molecular weight excluding hydrogens is 360 g/mol. The molecule has 0 radical (unpaired) electrons. The van der Waals surface area contributed by atoms with Gasteiger partial charge in [0.2, 0.25) is 0 Å². The van der Waals surface area contributed by atoms with Crippen LogP contribution >= 0.6 is 11.6 Å². The van der Waals surface area contributed by atoms with Crippen LogP contribution in [0.25, 0.3) is 10.9 Å². The first-order valence-electron chi connectivity index (χ1n) is 7.75. The molecule has 0 atom stereocenters. The van der Waals surface area contributed by atoms with Gasteiger partial charge in [0.25, 0.3) is 10.0 Å². The van der Waals surface area contributed by atoms with Crippen molar-refractivity contribution in [3.05, 3.63) is 59.1 Å². The lowest BCUT2D eigenvalue weighted by Gasteiger charge is -2.19. The van der Waals surface area contributed by atoms with Crippen molar-refractivity contribution in [1.29, 1.82) is 0 Å². The van der Waals surface area contributed by atoms with E-state index in [1.54, 1.807) is 6.07 Å². The third-order valence-corrected chi connectivity index (χ3v) is 6.39. The smallest absolute Gasteiger partial charge is 0.265 e. The van der Waals surface area contributed by atoms with Gasteiger partial charge in [0, 0.05) is 11.9 Å². The Bertz CT molecular complexity index is 1080. The van der Waals surface area contributed by atoms with Crippen molar-refractivity contribution >= 4 is 38.3 Å². The van der Waals surface area contributed by atoms with Crippen LogP contribution in [0.15, 0.2) is 53.4 Å². The lowest BCUT2D eigenvalue weighted by atomic mass is 10.1. The first-order chi connectivity index (χ1) is 12.0. The van der Waals surface area contributed by atoms with Crippen LogP contribution in [0.2, 0.25) is 5.02 Å². The standard InChI is InChI=1S/C18H15ClN2O3S/c1-24-17-7-6-14(11-15(17)19)25(22,23)21-9-8-13-10-12-4-2-3-5-16(12)20-18(13)21/h2-7,10-11H,8-9H2,1H3. The second kappa shape index (κ2) is 5.89. The highest BCUT2D eigenvalue weighted by Gasteiger charge is 2.32. The Hall–Kier alpha value is -2.31. The van der Waals surface area contributed by atoms with E-state index in [2.05, 4.69) is 4.98 Å². The van der Waals surface area contributed by atoms with E-state index in [1.165, 1.54) is 23.5 Å². The number of para-hydroxylation sites is 1. The van der Waals surface area contributed by atoms with Crippen molar-refractivity contribution in [3.8, 4) is 5.75 Å². The molecule has 0 aliphatic carbocycles. The van der Waals surface area contributed by atoms with E-state index in [-0.39, 0.29) is 9.92 Å². The van der Waals surface area contributed by atoms with E-state index < -0.39 is 10.0 Å². The van der Waals surface area contributed by atoms with Gasteiger partial charge in [-0.15, -0.1) is 0 Å². The van der Waals surface area contributed by atoms with E-state index in [1.807, 2.05) is 30.3 Å². The molecule has 1 aliphatic heterocycles. The van der Waals surface area contributed by atoms with Crippen molar-refractivity contribution in [1.82, 2.24) is 4.98 Å². The number of benzene rings is 2. The van der Waals surface area contributed by atoms with Crippen LogP contribution in [-0.2, 0) is 16.4 Å². The van der Waals surface area contributed by atoms with Gasteiger partial charge in [0.15, 0.2) is 0 Å². The van der Waals surface area contributed by atoms with Gasteiger partial charge >= 0.3 is 0 Å². The SMILES string of the molecule is COc1ccc(S(=O)(=O)N2CCc3cc4ccccc4nc32)cc1Cl. The molecule has 128 valence electrons. The van der Waals surface area contributed by atoms with Crippen LogP contribution in [-0.4, -0.2) is 27.1 Å². The summed E-state index contributed by atoms with van der Waals surface area (Å²) >= 11 is 6.10. The molecule has 0 amide bonds. The van der Waals surface area contributed by atoms with Crippen LogP contribution in [0, 0.1) is 0 Å². The minimum absolute atomic E-state index is 0.126. The summed E-state index contributed by atoms with van der Waals surface area (Å²) in [6.07, 6.45) is 0.635. The topological polar surface area (TPSA) is 59.5 Å². The second-order valence-corrected chi connectivity index (χ2v) is 8.06. The van der Waals surface area contributed by atoms with Gasteiger partial charge in [-0.3, -0.25) is 0 Å². The zero-order valence-electron chi connectivity index (χ0n) is 13.4. The summed E-state index contributed by atoms with van der Waals surface area (Å²) in [5, 5.41) is 1.27. The van der Waals surface area contributed by atoms with Crippen LogP contribution in [0.1, 0.15) is 5.56 Å². The number of hydrogen-bond acceptors (Lipinski definition) is 4. The molecule has 2 heterocycles. The third-order valence-electron chi connectivity index (χ3n) is 4.31. The maximum absolute atomic E-state index is 13.1. The largest absolute Gasteiger partial charge is 0.495 e. The fourth-order valence-electron chi connectivity index (χ4n) is 3.05. The van der Waals surface area contributed by atoms with Gasteiger partial charge in [-0.25, -0.2) is 17.7 Å². The summed E-state index contributed by atoms with van der Waals surface area (Å²) in [7, 11) is -2.25. The van der Waals surface area contributed by atoms with Crippen molar-refractivity contribution in [3.63, 3.8) is 0 Å². The number of rotatable bonds is 3. The molecule has 5 nitrogen and oxygen atoms in total. The zero-order valence-corrected chi connectivity index (χ0v) is 15.0. The monoisotopic (exact) mass is 374 g/mol. The Labute approximate surface area is 150 Å². The molecule has 2 aromatic carbocycles. The minimum Gasteiger partial charge on any atom is -0.495 e. The maximum Gasteiger partial charge on any atom is 0.265 e. The number of methoxy groups -OCH3 is 1. The number of anilines is 1. The molecule has 3 aromatic rings. The quantitative estimate of drug-likeness (QED) is 0.702. The van der Waals surface area contributed by atoms with E-state index in [0.717, 1.165) is 16.5 Å². The Kier molecular flexibility index (Phi) is 3.81. The molecule has 0 spiro atoms. The predicted molar refractivity (Wildman–Crippen MR) is 98.0 cm³/mol. The van der Waals surface area contributed by atoms with Crippen LogP contribution in [0.4, 0.5) is 5.82 Å². The summed E-state index contributed by atoms with van der Waals surface area (Å²) in [6.45, 7) is 0.366. The Morgan fingerprint density at radius 1 is 1.16 bits per heavy atom. The normalized spacial score (nSPS) is 13.9. The van der Waals surface area contributed by atoms with Gasteiger partial charge in [-0.05, 0) is 42.3 Å². The molecule has 0 saturated carbocycles. The summed E-state index contributed by atoms with van der Waals surface area (Å²) < 4.78 is 32.6. The Morgan fingerprint density at radius 2 is 1.96 bits per heavy atom. The van der Waals surface area contributed by atoms with Gasteiger partial charge in [0.1, 0.15) is 11.6 Å². The Balaban J connectivity index is 1.81. The molecule has 7 heteroatoms. The number of pyridine rings is 1. The number of sulfonamides is 1. The summed E-state index contributed by atoms with van der Waals surface area (Å²) in [4.78, 5) is 4.70. The maximum atomic E-state index is 13.1. The minimum atomic E-state index is -3.74. The number of hydrogen-bond donors (Lipinski definition) is 0. The third kappa shape index (κ3) is 2.62. The number of nitrogens with zero attached hydrogens (tertiary/aromatic N) is 2. The fourth-order valence-corrected chi connectivity index (χ4v) is 4.85. The molecule has 1 aliphatic rings. The fraction of sp³-hybridized carbons (Fsp3) is 0.167. The van der Waals surface area contributed by atoms with Crippen LogP contribution in [0.3, 0.4) is 0 Å². The molecule has 0 saturated heterocycles. The number of fused-ring (bicyclic) bond motifs is 2. The van der Waals surface area contributed by atoms with E-state index >= 15 is 0 Å². The Morgan fingerprint density at radius 3 is 2.72 bits per heavy atom. The highest BCUT2D eigenvalue weighted by Crippen LogP contribution is 2.35. The summed E-state index contributed by atoms with van der Waals surface area (Å²) in [6, 6.07) is 14.2. The average molecular weight is 375 g/mol.